The second kappa shape index (κ2) is 6.17. The van der Waals surface area contributed by atoms with E-state index in [1.165, 1.54) is 10.4 Å². The van der Waals surface area contributed by atoms with E-state index in [0.29, 0.717) is 18.1 Å². The molecular weight excluding hydrogens is 318 g/mol. The van der Waals surface area contributed by atoms with E-state index in [2.05, 4.69) is 33.5 Å². The number of aryl methyl sites for hydroxylation is 1. The zero-order valence-electron chi connectivity index (χ0n) is 13.3. The Kier molecular flexibility index (Phi) is 3.86. The van der Waals surface area contributed by atoms with Crippen LogP contribution >= 0.6 is 11.3 Å². The first-order valence-electron chi connectivity index (χ1n) is 7.96. The molecule has 0 spiro atoms. The highest BCUT2D eigenvalue weighted by Gasteiger charge is 2.33. The monoisotopic (exact) mass is 335 g/mol. The maximum Gasteiger partial charge on any atom is 0.273 e. The zero-order valence-corrected chi connectivity index (χ0v) is 14.2. The van der Waals surface area contributed by atoms with Crippen LogP contribution in [0.4, 0.5) is 0 Å². The minimum atomic E-state index is -0.0519. The number of benzene rings is 1. The van der Waals surface area contributed by atoms with Gasteiger partial charge in [0.15, 0.2) is 0 Å². The highest BCUT2D eigenvalue weighted by molar-refractivity contribution is 7.10. The Balaban J connectivity index is 1.78. The SMILES string of the molecule is Cc1nccc(C(=O)N2CCc3sccc3[C@H]2c2ccccc2)n1. The first-order valence-corrected chi connectivity index (χ1v) is 8.84. The number of nitrogens with zero attached hydrogens (tertiary/aromatic N) is 3. The van der Waals surface area contributed by atoms with Gasteiger partial charge in [0.2, 0.25) is 0 Å². The fraction of sp³-hybridized carbons (Fsp3) is 0.211. The summed E-state index contributed by atoms with van der Waals surface area (Å²) < 4.78 is 0. The summed E-state index contributed by atoms with van der Waals surface area (Å²) in [6.07, 6.45) is 2.54. The second-order valence-electron chi connectivity index (χ2n) is 5.85. The fourth-order valence-corrected chi connectivity index (χ4v) is 4.16. The maximum atomic E-state index is 13.1. The molecule has 1 aliphatic heterocycles. The molecule has 2 aromatic heterocycles. The van der Waals surface area contributed by atoms with Crippen molar-refractivity contribution >= 4 is 17.2 Å². The predicted octanol–water partition coefficient (Wildman–Crippen LogP) is 3.63. The summed E-state index contributed by atoms with van der Waals surface area (Å²) in [6.45, 7) is 2.51. The van der Waals surface area contributed by atoms with Crippen molar-refractivity contribution in [2.24, 2.45) is 0 Å². The third-order valence-electron chi connectivity index (χ3n) is 4.34. The molecule has 0 saturated carbocycles. The third kappa shape index (κ3) is 2.61. The van der Waals surface area contributed by atoms with Crippen molar-refractivity contribution in [3.63, 3.8) is 0 Å². The van der Waals surface area contributed by atoms with Crippen molar-refractivity contribution in [2.75, 3.05) is 6.54 Å². The summed E-state index contributed by atoms with van der Waals surface area (Å²) in [5.74, 6) is 0.580. The number of carbonyl (C=O) groups excluding carboxylic acids is 1. The number of amides is 1. The molecule has 0 aliphatic carbocycles. The van der Waals surface area contributed by atoms with Gasteiger partial charge in [0.05, 0.1) is 6.04 Å². The van der Waals surface area contributed by atoms with Crippen LogP contribution in [-0.4, -0.2) is 27.3 Å². The first kappa shape index (κ1) is 15.0. The summed E-state index contributed by atoms with van der Waals surface area (Å²) in [4.78, 5) is 24.8. The van der Waals surface area contributed by atoms with Gasteiger partial charge < -0.3 is 4.90 Å². The van der Waals surface area contributed by atoms with E-state index >= 15 is 0 Å². The van der Waals surface area contributed by atoms with Crippen molar-refractivity contribution in [2.45, 2.75) is 19.4 Å². The van der Waals surface area contributed by atoms with E-state index in [4.69, 9.17) is 0 Å². The number of fused-ring (bicyclic) bond motifs is 1. The van der Waals surface area contributed by atoms with Gasteiger partial charge in [-0.3, -0.25) is 4.79 Å². The molecular formula is C19H17N3OS. The number of carbonyl (C=O) groups is 1. The number of hydrogen-bond acceptors (Lipinski definition) is 4. The van der Waals surface area contributed by atoms with Gasteiger partial charge in [0.1, 0.15) is 11.5 Å². The number of rotatable bonds is 2. The lowest BCUT2D eigenvalue weighted by Crippen LogP contribution is -2.40. The van der Waals surface area contributed by atoms with Crippen LogP contribution in [0, 0.1) is 6.92 Å². The van der Waals surface area contributed by atoms with Gasteiger partial charge >= 0.3 is 0 Å². The molecule has 1 aliphatic rings. The molecule has 4 nitrogen and oxygen atoms in total. The Labute approximate surface area is 144 Å². The summed E-state index contributed by atoms with van der Waals surface area (Å²) >= 11 is 1.77. The Bertz CT molecular complexity index is 875. The molecule has 3 heterocycles. The van der Waals surface area contributed by atoms with Gasteiger partial charge in [-0.25, -0.2) is 9.97 Å². The van der Waals surface area contributed by atoms with Gasteiger partial charge in [0.25, 0.3) is 5.91 Å². The molecule has 120 valence electrons. The van der Waals surface area contributed by atoms with Crippen molar-refractivity contribution in [3.8, 4) is 0 Å². The molecule has 5 heteroatoms. The molecule has 4 rings (SSSR count). The molecule has 0 fully saturated rings. The topological polar surface area (TPSA) is 46.1 Å². The minimum absolute atomic E-state index is 0.0359. The molecule has 0 saturated heterocycles. The Morgan fingerprint density at radius 1 is 1.21 bits per heavy atom. The predicted molar refractivity (Wildman–Crippen MR) is 94.1 cm³/mol. The van der Waals surface area contributed by atoms with Crippen LogP contribution in [0.15, 0.2) is 54.0 Å². The van der Waals surface area contributed by atoms with Crippen LogP contribution in [-0.2, 0) is 6.42 Å². The van der Waals surface area contributed by atoms with Crippen molar-refractivity contribution in [1.29, 1.82) is 0 Å². The largest absolute Gasteiger partial charge is 0.326 e. The molecule has 0 bridgehead atoms. The number of aromatic nitrogens is 2. The Hall–Kier alpha value is -2.53. The van der Waals surface area contributed by atoms with Crippen LogP contribution < -0.4 is 0 Å². The normalized spacial score (nSPS) is 16.7. The van der Waals surface area contributed by atoms with Crippen LogP contribution in [0.1, 0.15) is 38.4 Å². The quantitative estimate of drug-likeness (QED) is 0.718. The van der Waals surface area contributed by atoms with Crippen molar-refractivity contribution < 1.29 is 4.79 Å². The van der Waals surface area contributed by atoms with Gasteiger partial charge in [-0.05, 0) is 42.0 Å². The molecule has 1 atom stereocenters. The van der Waals surface area contributed by atoms with Gasteiger partial charge in [-0.15, -0.1) is 11.3 Å². The van der Waals surface area contributed by atoms with E-state index < -0.39 is 0 Å². The van der Waals surface area contributed by atoms with E-state index in [-0.39, 0.29) is 11.9 Å². The molecule has 0 unspecified atom stereocenters. The van der Waals surface area contributed by atoms with Crippen LogP contribution in [0.25, 0.3) is 0 Å². The average molecular weight is 335 g/mol. The van der Waals surface area contributed by atoms with E-state index in [1.807, 2.05) is 23.1 Å². The standard InChI is InChI=1S/C19H17N3OS/c1-13-20-10-7-16(21-13)19(23)22-11-8-17-15(9-12-24-17)18(22)14-5-3-2-4-6-14/h2-7,9-10,12,18H,8,11H2,1H3/t18-/m1/s1. The van der Waals surface area contributed by atoms with Gasteiger partial charge in [-0.2, -0.15) is 0 Å². The third-order valence-corrected chi connectivity index (χ3v) is 5.33. The molecule has 0 radical (unpaired) electrons. The Morgan fingerprint density at radius 2 is 2.04 bits per heavy atom. The lowest BCUT2D eigenvalue weighted by atomic mass is 9.93. The lowest BCUT2D eigenvalue weighted by molar-refractivity contribution is 0.0689. The minimum Gasteiger partial charge on any atom is -0.326 e. The molecule has 1 aromatic carbocycles. The average Bonchev–Trinajstić information content (AvgIpc) is 3.09. The Morgan fingerprint density at radius 3 is 2.83 bits per heavy atom. The summed E-state index contributed by atoms with van der Waals surface area (Å²) in [5.41, 5.74) is 2.83. The van der Waals surface area contributed by atoms with Crippen LogP contribution in [0.2, 0.25) is 0 Å². The first-order chi connectivity index (χ1) is 11.7. The number of thiophene rings is 1. The van der Waals surface area contributed by atoms with Crippen molar-refractivity contribution in [3.05, 3.63) is 81.6 Å². The maximum absolute atomic E-state index is 13.1. The van der Waals surface area contributed by atoms with Gasteiger partial charge in [-0.1, -0.05) is 30.3 Å². The molecule has 24 heavy (non-hydrogen) atoms. The van der Waals surface area contributed by atoms with E-state index in [9.17, 15) is 4.79 Å². The highest BCUT2D eigenvalue weighted by Crippen LogP contribution is 2.38. The molecule has 0 N–H and O–H groups in total. The summed E-state index contributed by atoms with van der Waals surface area (Å²) in [5, 5.41) is 2.11. The fourth-order valence-electron chi connectivity index (χ4n) is 3.25. The smallest absolute Gasteiger partial charge is 0.273 e. The van der Waals surface area contributed by atoms with E-state index in [0.717, 1.165) is 12.0 Å². The molecule has 1 amide bonds. The van der Waals surface area contributed by atoms with Gasteiger partial charge in [0, 0.05) is 17.6 Å². The van der Waals surface area contributed by atoms with Crippen LogP contribution in [0.5, 0.6) is 0 Å². The van der Waals surface area contributed by atoms with Crippen LogP contribution in [0.3, 0.4) is 0 Å². The second-order valence-corrected chi connectivity index (χ2v) is 6.85. The van der Waals surface area contributed by atoms with E-state index in [1.54, 1.807) is 30.5 Å². The lowest BCUT2D eigenvalue weighted by Gasteiger charge is -2.36. The number of hydrogen-bond donors (Lipinski definition) is 0. The summed E-state index contributed by atoms with van der Waals surface area (Å²) in [6, 6.07) is 14.0. The molecule has 3 aromatic rings. The van der Waals surface area contributed by atoms with Crippen molar-refractivity contribution in [1.82, 2.24) is 14.9 Å². The highest BCUT2D eigenvalue weighted by atomic mass is 32.1. The zero-order chi connectivity index (χ0) is 16.5. The summed E-state index contributed by atoms with van der Waals surface area (Å²) in [7, 11) is 0.